The van der Waals surface area contributed by atoms with E-state index in [4.69, 9.17) is 39.5 Å². The number of rotatable bonds is 10. The number of benzene rings is 2. The highest BCUT2D eigenvalue weighted by Gasteiger charge is 2.07. The molecule has 0 saturated carbocycles. The monoisotopic (exact) mass is 471 g/mol. The fourth-order valence-corrected chi connectivity index (χ4v) is 3.85. The minimum atomic E-state index is 0.397. The summed E-state index contributed by atoms with van der Waals surface area (Å²) < 4.78 is 7.65. The summed E-state index contributed by atoms with van der Waals surface area (Å²) in [5.41, 5.74) is 1.95. The average molecular weight is 473 g/mol. The topological polar surface area (TPSA) is 64.9 Å². The van der Waals surface area contributed by atoms with Crippen LogP contribution in [0.4, 0.5) is 0 Å². The molecule has 1 N–H and O–H groups in total. The lowest BCUT2D eigenvalue weighted by Crippen LogP contribution is -2.16. The van der Waals surface area contributed by atoms with Crippen LogP contribution in [0.25, 0.3) is 0 Å². The summed E-state index contributed by atoms with van der Waals surface area (Å²) in [6.07, 6.45) is 0.984. The molecule has 0 aliphatic carbocycles. The van der Waals surface area contributed by atoms with Crippen LogP contribution in [0.1, 0.15) is 17.5 Å². The second-order valence-electron chi connectivity index (χ2n) is 6.25. The highest BCUT2D eigenvalue weighted by molar-refractivity contribution is 7.99. The number of hydrogen-bond acceptors (Lipinski definition) is 6. The number of aromatic nitrogens is 4. The number of hydrogen-bond donors (Lipinski definition) is 1. The number of tetrazole rings is 1. The predicted molar refractivity (Wildman–Crippen MR) is 118 cm³/mol. The van der Waals surface area contributed by atoms with Crippen molar-refractivity contribution in [2.45, 2.75) is 24.7 Å². The first-order valence-electron chi connectivity index (χ1n) is 8.94. The molecule has 0 spiro atoms. The number of halogens is 3. The number of aryl methyl sites for hydroxylation is 1. The van der Waals surface area contributed by atoms with Crippen molar-refractivity contribution >= 4 is 46.6 Å². The SMILES string of the molecule is Cn1nnnc1SCCCNCc1cc(Cl)ccc1OCc1ccc(Cl)c(Cl)c1. The zero-order valence-corrected chi connectivity index (χ0v) is 18.8. The number of nitrogens with zero attached hydrogens (tertiary/aromatic N) is 4. The Morgan fingerprint density at radius 2 is 1.97 bits per heavy atom. The Morgan fingerprint density at radius 3 is 2.72 bits per heavy atom. The first kappa shape index (κ1) is 22.2. The van der Waals surface area contributed by atoms with Crippen LogP contribution >= 0.6 is 46.6 Å². The Kier molecular flexibility index (Phi) is 8.44. The third kappa shape index (κ3) is 6.76. The second kappa shape index (κ2) is 11.0. The molecule has 0 unspecified atom stereocenters. The highest BCUT2D eigenvalue weighted by atomic mass is 35.5. The molecule has 2 aromatic carbocycles. The molecule has 0 saturated heterocycles. The van der Waals surface area contributed by atoms with E-state index in [1.54, 1.807) is 22.5 Å². The van der Waals surface area contributed by atoms with Gasteiger partial charge in [-0.15, -0.1) is 5.10 Å². The van der Waals surface area contributed by atoms with Gasteiger partial charge in [-0.25, -0.2) is 4.68 Å². The molecule has 0 atom stereocenters. The van der Waals surface area contributed by atoms with E-state index in [9.17, 15) is 0 Å². The van der Waals surface area contributed by atoms with Gasteiger partial charge in [0, 0.05) is 29.9 Å². The van der Waals surface area contributed by atoms with Crippen LogP contribution in [0, 0.1) is 0 Å². The summed E-state index contributed by atoms with van der Waals surface area (Å²) in [5.74, 6) is 1.71. The van der Waals surface area contributed by atoms with Crippen LogP contribution in [-0.2, 0) is 20.2 Å². The summed E-state index contributed by atoms with van der Waals surface area (Å²) in [6.45, 7) is 1.92. The van der Waals surface area contributed by atoms with Crippen molar-refractivity contribution in [1.82, 2.24) is 25.5 Å². The molecule has 0 aliphatic rings. The van der Waals surface area contributed by atoms with Crippen molar-refractivity contribution in [2.24, 2.45) is 7.05 Å². The van der Waals surface area contributed by atoms with Gasteiger partial charge in [-0.05, 0) is 59.3 Å². The fraction of sp³-hybridized carbons (Fsp3) is 0.316. The fourth-order valence-electron chi connectivity index (χ4n) is 2.54. The third-order valence-electron chi connectivity index (χ3n) is 4.03. The van der Waals surface area contributed by atoms with Crippen LogP contribution in [0.5, 0.6) is 5.75 Å². The lowest BCUT2D eigenvalue weighted by molar-refractivity contribution is 0.302. The molecular formula is C19H20Cl3N5OS. The van der Waals surface area contributed by atoms with Crippen LogP contribution in [0.2, 0.25) is 15.1 Å². The van der Waals surface area contributed by atoms with Gasteiger partial charge in [0.25, 0.3) is 0 Å². The van der Waals surface area contributed by atoms with E-state index in [2.05, 4.69) is 20.8 Å². The van der Waals surface area contributed by atoms with Gasteiger partial charge >= 0.3 is 0 Å². The van der Waals surface area contributed by atoms with E-state index in [0.717, 1.165) is 40.8 Å². The van der Waals surface area contributed by atoms with E-state index in [1.165, 1.54) is 0 Å². The lowest BCUT2D eigenvalue weighted by atomic mass is 10.2. The van der Waals surface area contributed by atoms with E-state index >= 15 is 0 Å². The van der Waals surface area contributed by atoms with Gasteiger partial charge in [0.15, 0.2) is 0 Å². The standard InChI is InChI=1S/C19H20Cl3N5OS/c1-27-19(24-25-26-27)29-8-2-7-23-11-14-10-15(20)4-6-18(14)28-12-13-3-5-16(21)17(22)9-13/h3-6,9-10,23H,2,7-8,11-12H2,1H3. The maximum absolute atomic E-state index is 6.17. The molecule has 6 nitrogen and oxygen atoms in total. The van der Waals surface area contributed by atoms with E-state index < -0.39 is 0 Å². The molecule has 0 aliphatic heterocycles. The quantitative estimate of drug-likeness (QED) is 0.330. The Labute approximate surface area is 188 Å². The van der Waals surface area contributed by atoms with E-state index in [1.807, 2.05) is 37.4 Å². The lowest BCUT2D eigenvalue weighted by Gasteiger charge is -2.13. The van der Waals surface area contributed by atoms with Gasteiger partial charge in [-0.3, -0.25) is 0 Å². The molecule has 0 amide bonds. The maximum atomic E-state index is 6.17. The van der Waals surface area contributed by atoms with Gasteiger partial charge in [-0.2, -0.15) is 0 Å². The summed E-state index contributed by atoms with van der Waals surface area (Å²) in [7, 11) is 1.83. The van der Waals surface area contributed by atoms with Gasteiger partial charge in [0.05, 0.1) is 10.0 Å². The first-order valence-corrected chi connectivity index (χ1v) is 11.1. The maximum Gasteiger partial charge on any atom is 0.209 e. The normalized spacial score (nSPS) is 11.0. The molecule has 29 heavy (non-hydrogen) atoms. The summed E-state index contributed by atoms with van der Waals surface area (Å²) >= 11 is 19.8. The smallest absolute Gasteiger partial charge is 0.209 e. The summed E-state index contributed by atoms with van der Waals surface area (Å²) in [6, 6.07) is 11.1. The summed E-state index contributed by atoms with van der Waals surface area (Å²) in [5, 5.41) is 17.4. The molecular weight excluding hydrogens is 453 g/mol. The molecule has 0 fully saturated rings. The van der Waals surface area contributed by atoms with Crippen molar-refractivity contribution in [3.05, 3.63) is 62.6 Å². The molecule has 154 valence electrons. The highest BCUT2D eigenvalue weighted by Crippen LogP contribution is 2.26. The first-order chi connectivity index (χ1) is 14.0. The van der Waals surface area contributed by atoms with Gasteiger partial charge in [0.2, 0.25) is 5.16 Å². The average Bonchev–Trinajstić information content (AvgIpc) is 3.11. The Balaban J connectivity index is 1.47. The van der Waals surface area contributed by atoms with Crippen molar-refractivity contribution in [2.75, 3.05) is 12.3 Å². The molecule has 3 aromatic rings. The molecule has 0 bridgehead atoms. The van der Waals surface area contributed by atoms with Gasteiger partial charge in [0.1, 0.15) is 12.4 Å². The van der Waals surface area contributed by atoms with Crippen molar-refractivity contribution < 1.29 is 4.74 Å². The van der Waals surface area contributed by atoms with Gasteiger partial charge < -0.3 is 10.1 Å². The minimum absolute atomic E-state index is 0.397. The van der Waals surface area contributed by atoms with Crippen LogP contribution in [0.15, 0.2) is 41.6 Å². The minimum Gasteiger partial charge on any atom is -0.489 e. The van der Waals surface area contributed by atoms with Crippen LogP contribution in [-0.4, -0.2) is 32.5 Å². The zero-order valence-electron chi connectivity index (χ0n) is 15.7. The zero-order chi connectivity index (χ0) is 20.6. The van der Waals surface area contributed by atoms with Crippen molar-refractivity contribution in [3.63, 3.8) is 0 Å². The number of nitrogens with one attached hydrogen (secondary N) is 1. The van der Waals surface area contributed by atoms with Crippen molar-refractivity contribution in [1.29, 1.82) is 0 Å². The molecule has 3 rings (SSSR count). The third-order valence-corrected chi connectivity index (χ3v) is 6.10. The Hall–Kier alpha value is -1.51. The predicted octanol–water partition coefficient (Wildman–Crippen LogP) is 5.02. The Bertz CT molecular complexity index is 953. The largest absolute Gasteiger partial charge is 0.489 e. The number of thioether (sulfide) groups is 1. The van der Waals surface area contributed by atoms with Crippen molar-refractivity contribution in [3.8, 4) is 5.75 Å². The van der Waals surface area contributed by atoms with E-state index in [0.29, 0.717) is 28.2 Å². The molecule has 10 heteroatoms. The number of ether oxygens (including phenoxy) is 1. The van der Waals surface area contributed by atoms with Crippen LogP contribution < -0.4 is 10.1 Å². The molecule has 0 radical (unpaired) electrons. The molecule has 1 heterocycles. The van der Waals surface area contributed by atoms with Gasteiger partial charge in [-0.1, -0.05) is 52.6 Å². The van der Waals surface area contributed by atoms with Crippen LogP contribution in [0.3, 0.4) is 0 Å². The summed E-state index contributed by atoms with van der Waals surface area (Å²) in [4.78, 5) is 0. The van der Waals surface area contributed by atoms with E-state index in [-0.39, 0.29) is 0 Å². The second-order valence-corrected chi connectivity index (χ2v) is 8.57. The Morgan fingerprint density at radius 1 is 1.10 bits per heavy atom. The molecule has 1 aromatic heterocycles.